The number of hydrogen-bond donors (Lipinski definition) is 0. The van der Waals surface area contributed by atoms with Crippen LogP contribution in [0.5, 0.6) is 0 Å². The van der Waals surface area contributed by atoms with Gasteiger partial charge in [-0.25, -0.2) is 18.3 Å². The van der Waals surface area contributed by atoms with Gasteiger partial charge in [-0.05, 0) is 62.2 Å². The number of anilines is 1. The number of hydrogen-bond acceptors (Lipinski definition) is 5. The molecular weight excluding hydrogens is 376 g/mol. The van der Waals surface area contributed by atoms with Gasteiger partial charge >= 0.3 is 6.09 Å². The van der Waals surface area contributed by atoms with Gasteiger partial charge < -0.3 is 4.74 Å². The zero-order chi connectivity index (χ0) is 20.7. The third-order valence-electron chi connectivity index (χ3n) is 4.38. The van der Waals surface area contributed by atoms with Gasteiger partial charge in [0.1, 0.15) is 27.3 Å². The first-order chi connectivity index (χ1) is 13.0. The summed E-state index contributed by atoms with van der Waals surface area (Å²) in [5.74, 6) is 3.96. The number of fused-ring (bicyclic) bond motifs is 1. The summed E-state index contributed by atoms with van der Waals surface area (Å²) in [6.45, 7) is 8.09. The van der Waals surface area contributed by atoms with Crippen LogP contribution in [-0.2, 0) is 14.6 Å². The molecule has 1 aliphatic heterocycles. The molecule has 7 nitrogen and oxygen atoms in total. The molecular formula is C20H24N4O3S. The third-order valence-corrected chi connectivity index (χ3v) is 6.42. The minimum Gasteiger partial charge on any atom is -0.443 e. The topological polar surface area (TPSA) is 86.5 Å². The Morgan fingerprint density at radius 3 is 2.71 bits per heavy atom. The highest BCUT2D eigenvalue weighted by Crippen LogP contribution is 2.31. The molecule has 2 unspecified atom stereocenters. The Kier molecular flexibility index (Phi) is 4.98. The molecule has 28 heavy (non-hydrogen) atoms. The van der Waals surface area contributed by atoms with E-state index in [9.17, 15) is 14.3 Å². The lowest BCUT2D eigenvalue weighted by atomic mass is 10.1. The lowest BCUT2D eigenvalue weighted by Gasteiger charge is -2.43. The van der Waals surface area contributed by atoms with Crippen molar-refractivity contribution in [1.82, 2.24) is 9.29 Å². The number of nitriles is 1. The molecule has 1 amide bonds. The van der Waals surface area contributed by atoms with Crippen LogP contribution in [0.25, 0.3) is 10.8 Å². The number of amides is 1. The maximum absolute atomic E-state index is 13.6. The van der Waals surface area contributed by atoms with Crippen LogP contribution in [0.3, 0.4) is 0 Å². The van der Waals surface area contributed by atoms with Crippen LogP contribution in [0.15, 0.2) is 30.5 Å². The van der Waals surface area contributed by atoms with Crippen molar-refractivity contribution < 1.29 is 13.7 Å². The van der Waals surface area contributed by atoms with Crippen LogP contribution in [0.1, 0.15) is 33.4 Å². The first-order valence-electron chi connectivity index (χ1n) is 8.97. The number of ether oxygens (including phenoxy) is 1. The zero-order valence-corrected chi connectivity index (χ0v) is 17.3. The van der Waals surface area contributed by atoms with E-state index in [1.807, 2.05) is 13.0 Å². The number of rotatable bonds is 1. The normalized spacial score (nSPS) is 22.8. The number of pyridine rings is 1. The molecule has 2 heterocycles. The van der Waals surface area contributed by atoms with Crippen LogP contribution in [0.4, 0.5) is 10.5 Å². The summed E-state index contributed by atoms with van der Waals surface area (Å²) in [5, 5.41) is 10.8. The monoisotopic (exact) mass is 400 g/mol. The largest absolute Gasteiger partial charge is 0.443 e. The second kappa shape index (κ2) is 6.99. The number of carbonyl (C=O) groups excluding carboxylic acids is 1. The first-order valence-corrected chi connectivity index (χ1v) is 10.6. The van der Waals surface area contributed by atoms with E-state index in [1.165, 1.54) is 4.31 Å². The fourth-order valence-electron chi connectivity index (χ4n) is 3.16. The summed E-state index contributed by atoms with van der Waals surface area (Å²) in [6, 6.07) is 9.27. The molecule has 1 fully saturated rings. The van der Waals surface area contributed by atoms with Gasteiger partial charge in [0.05, 0.1) is 5.69 Å². The SMILES string of the molecule is C=S1(=O)N(C(=O)OC(C)(C)C)CC(C)CN1c1ccc2c(C#N)nccc2c1. The van der Waals surface area contributed by atoms with E-state index in [-0.39, 0.29) is 5.92 Å². The molecule has 3 rings (SSSR count). The second-order valence-electron chi connectivity index (χ2n) is 7.99. The van der Waals surface area contributed by atoms with E-state index in [1.54, 1.807) is 49.5 Å². The van der Waals surface area contributed by atoms with Crippen molar-refractivity contribution in [3.63, 3.8) is 0 Å². The van der Waals surface area contributed by atoms with Crippen molar-refractivity contribution in [3.05, 3.63) is 36.2 Å². The predicted octanol–water partition coefficient (Wildman–Crippen LogP) is 3.35. The number of aromatic nitrogens is 1. The Morgan fingerprint density at radius 1 is 1.36 bits per heavy atom. The van der Waals surface area contributed by atoms with Crippen LogP contribution in [0.2, 0.25) is 0 Å². The highest BCUT2D eigenvalue weighted by molar-refractivity contribution is 7.99. The Labute approximate surface area is 165 Å². The minimum atomic E-state index is -3.09. The minimum absolute atomic E-state index is 0.0756. The van der Waals surface area contributed by atoms with E-state index in [4.69, 9.17) is 4.74 Å². The van der Waals surface area contributed by atoms with Gasteiger partial charge in [0, 0.05) is 24.7 Å². The van der Waals surface area contributed by atoms with E-state index >= 15 is 0 Å². The molecule has 8 heteroatoms. The van der Waals surface area contributed by atoms with Crippen molar-refractivity contribution in [2.45, 2.75) is 33.3 Å². The van der Waals surface area contributed by atoms with Crippen molar-refractivity contribution in [2.75, 3.05) is 17.4 Å². The summed E-state index contributed by atoms with van der Waals surface area (Å²) in [5.41, 5.74) is 0.311. The van der Waals surface area contributed by atoms with Crippen LogP contribution in [0, 0.1) is 17.2 Å². The summed E-state index contributed by atoms with van der Waals surface area (Å²) in [6.07, 6.45) is 0.929. The Balaban J connectivity index is 2.02. The molecule has 0 bridgehead atoms. The van der Waals surface area contributed by atoms with E-state index in [2.05, 4.69) is 16.9 Å². The highest BCUT2D eigenvalue weighted by Gasteiger charge is 2.37. The van der Waals surface area contributed by atoms with Gasteiger partial charge in [0.25, 0.3) is 0 Å². The fraction of sp³-hybridized carbons (Fsp3) is 0.400. The molecule has 1 aliphatic rings. The molecule has 0 spiro atoms. The predicted molar refractivity (Wildman–Crippen MR) is 111 cm³/mol. The molecule has 0 saturated carbocycles. The lowest BCUT2D eigenvalue weighted by Crippen LogP contribution is -2.56. The van der Waals surface area contributed by atoms with Gasteiger partial charge in [-0.15, -0.1) is 0 Å². The standard InChI is InChI=1S/C20H24N4O3S/c1-14-12-23(28(5,26)24(13-14)19(25)27-20(2,3)4)16-6-7-17-15(10-16)8-9-22-18(17)11-21/h6-10,14H,5,12-13H2,1-4H3. The molecule has 1 saturated heterocycles. The maximum atomic E-state index is 13.6. The Morgan fingerprint density at radius 2 is 2.07 bits per heavy atom. The highest BCUT2D eigenvalue weighted by atomic mass is 32.2. The molecule has 2 aromatic rings. The van der Waals surface area contributed by atoms with E-state index < -0.39 is 21.6 Å². The van der Waals surface area contributed by atoms with Crippen molar-refractivity contribution in [1.29, 1.82) is 5.26 Å². The van der Waals surface area contributed by atoms with Gasteiger partial charge in [0.15, 0.2) is 0 Å². The van der Waals surface area contributed by atoms with Crippen LogP contribution >= 0.6 is 0 Å². The quantitative estimate of drug-likeness (QED) is 0.685. The molecule has 2 atom stereocenters. The van der Waals surface area contributed by atoms with E-state index in [0.29, 0.717) is 24.5 Å². The average Bonchev–Trinajstić information content (AvgIpc) is 2.60. The van der Waals surface area contributed by atoms with Gasteiger partial charge in [-0.3, -0.25) is 4.31 Å². The zero-order valence-electron chi connectivity index (χ0n) is 16.5. The number of carbonyl (C=O) groups is 1. The fourth-order valence-corrected chi connectivity index (χ4v) is 5.09. The lowest BCUT2D eigenvalue weighted by molar-refractivity contribution is 0.0375. The van der Waals surface area contributed by atoms with E-state index in [0.717, 1.165) is 10.8 Å². The third kappa shape index (κ3) is 3.76. The van der Waals surface area contributed by atoms with Gasteiger partial charge in [0.2, 0.25) is 0 Å². The smallest absolute Gasteiger partial charge is 0.423 e. The summed E-state index contributed by atoms with van der Waals surface area (Å²) >= 11 is 0. The van der Waals surface area contributed by atoms with Gasteiger partial charge in [-0.1, -0.05) is 6.92 Å². The average molecular weight is 401 g/mol. The summed E-state index contributed by atoms with van der Waals surface area (Å²) in [4.78, 5) is 16.7. The maximum Gasteiger partial charge on any atom is 0.423 e. The number of nitrogens with zero attached hydrogens (tertiary/aromatic N) is 4. The molecule has 0 N–H and O–H groups in total. The second-order valence-corrected chi connectivity index (χ2v) is 10.1. The van der Waals surface area contributed by atoms with Gasteiger partial charge in [-0.2, -0.15) is 5.26 Å². The Hall–Kier alpha value is -2.79. The molecule has 1 aromatic heterocycles. The Bertz CT molecular complexity index is 1070. The molecule has 0 aliphatic carbocycles. The first kappa shape index (κ1) is 20.0. The van der Waals surface area contributed by atoms with Crippen molar-refractivity contribution in [3.8, 4) is 6.07 Å². The molecule has 1 aromatic carbocycles. The van der Waals surface area contributed by atoms with Crippen molar-refractivity contribution in [2.24, 2.45) is 5.92 Å². The molecule has 148 valence electrons. The van der Waals surface area contributed by atoms with Crippen molar-refractivity contribution >= 4 is 38.3 Å². The number of benzene rings is 1. The summed E-state index contributed by atoms with van der Waals surface area (Å²) in [7, 11) is -3.09. The van der Waals surface area contributed by atoms with Crippen LogP contribution in [-0.4, -0.2) is 44.2 Å². The molecule has 0 radical (unpaired) electrons. The summed E-state index contributed by atoms with van der Waals surface area (Å²) < 4.78 is 21.9. The van der Waals surface area contributed by atoms with Crippen LogP contribution < -0.4 is 4.31 Å².